The van der Waals surface area contributed by atoms with Crippen LogP contribution in [-0.2, 0) is 5.41 Å². The van der Waals surface area contributed by atoms with Crippen LogP contribution < -0.4 is 10.1 Å². The van der Waals surface area contributed by atoms with E-state index >= 15 is 0 Å². The van der Waals surface area contributed by atoms with Crippen molar-refractivity contribution in [2.45, 2.75) is 25.1 Å². The molecule has 0 saturated carbocycles. The first-order valence-electron chi connectivity index (χ1n) is 23.3. The molecular formula is C64H49NSSi. The molecule has 1 nitrogen and oxygen atoms in total. The van der Waals surface area contributed by atoms with Crippen LogP contribution >= 0.6 is 11.3 Å². The second kappa shape index (κ2) is 16.4. The number of hydrogen-bond acceptors (Lipinski definition) is 2. The SMILES string of the molecule is C[Si](C)(C)c1ccc(-c2ccc(N(c3ccc(-c4ccc5c(c4)-c4ccccc4C5(c4ccccc4)c4ccccc4)cc3)c3ccc(-c4ccc5sc6ccccc6c5c4)cc3)cc2)cc1. The van der Waals surface area contributed by atoms with Gasteiger partial charge in [-0.25, -0.2) is 0 Å². The fourth-order valence-electron chi connectivity index (χ4n) is 10.6. The van der Waals surface area contributed by atoms with Gasteiger partial charge in [-0.3, -0.25) is 0 Å². The lowest BCUT2D eigenvalue weighted by Gasteiger charge is -2.33. The Bertz CT molecular complexity index is 3530. The Morgan fingerprint density at radius 1 is 0.343 bits per heavy atom. The maximum atomic E-state index is 2.42. The van der Waals surface area contributed by atoms with E-state index in [1.165, 1.54) is 92.1 Å². The molecule has 0 radical (unpaired) electrons. The first-order valence-corrected chi connectivity index (χ1v) is 27.6. The van der Waals surface area contributed by atoms with E-state index in [0.717, 1.165) is 17.1 Å². The monoisotopic (exact) mass is 891 g/mol. The van der Waals surface area contributed by atoms with E-state index in [-0.39, 0.29) is 0 Å². The zero-order chi connectivity index (χ0) is 45.1. The van der Waals surface area contributed by atoms with E-state index in [9.17, 15) is 0 Å². The largest absolute Gasteiger partial charge is 0.311 e. The molecule has 0 amide bonds. The molecule has 0 saturated heterocycles. The maximum absolute atomic E-state index is 2.42. The van der Waals surface area contributed by atoms with Crippen molar-refractivity contribution in [1.82, 2.24) is 0 Å². The molecule has 320 valence electrons. The summed E-state index contributed by atoms with van der Waals surface area (Å²) < 4.78 is 2.65. The smallest absolute Gasteiger partial charge is 0.0775 e. The van der Waals surface area contributed by atoms with Crippen LogP contribution in [0.2, 0.25) is 19.6 Å². The number of hydrogen-bond donors (Lipinski definition) is 0. The number of benzene rings is 10. The minimum absolute atomic E-state index is 0.412. The third-order valence-corrected chi connectivity index (χ3v) is 17.2. The lowest BCUT2D eigenvalue weighted by atomic mass is 9.67. The molecule has 0 spiro atoms. The van der Waals surface area contributed by atoms with E-state index in [0.29, 0.717) is 0 Å². The Morgan fingerprint density at radius 2 is 0.776 bits per heavy atom. The van der Waals surface area contributed by atoms with Crippen LogP contribution in [-0.4, -0.2) is 8.07 Å². The topological polar surface area (TPSA) is 3.24 Å². The Hall–Kier alpha value is -7.56. The molecule has 12 rings (SSSR count). The highest BCUT2D eigenvalue weighted by molar-refractivity contribution is 7.25. The van der Waals surface area contributed by atoms with Crippen molar-refractivity contribution in [2.75, 3.05) is 4.90 Å². The molecule has 67 heavy (non-hydrogen) atoms. The van der Waals surface area contributed by atoms with E-state index < -0.39 is 13.5 Å². The lowest BCUT2D eigenvalue weighted by Crippen LogP contribution is -2.37. The van der Waals surface area contributed by atoms with Gasteiger partial charge in [-0.15, -0.1) is 11.3 Å². The van der Waals surface area contributed by atoms with Crippen LogP contribution in [0.15, 0.2) is 243 Å². The quantitative estimate of drug-likeness (QED) is 0.131. The highest BCUT2D eigenvalue weighted by atomic mass is 32.1. The van der Waals surface area contributed by atoms with Crippen LogP contribution in [0.25, 0.3) is 64.7 Å². The van der Waals surface area contributed by atoms with Crippen LogP contribution in [0.3, 0.4) is 0 Å². The minimum Gasteiger partial charge on any atom is -0.311 e. The van der Waals surface area contributed by atoms with Gasteiger partial charge < -0.3 is 4.90 Å². The van der Waals surface area contributed by atoms with Crippen molar-refractivity contribution < 1.29 is 0 Å². The summed E-state index contributed by atoms with van der Waals surface area (Å²) in [5, 5.41) is 4.12. The van der Waals surface area contributed by atoms with Gasteiger partial charge in [-0.2, -0.15) is 0 Å². The zero-order valence-corrected chi connectivity index (χ0v) is 39.8. The molecule has 10 aromatic carbocycles. The van der Waals surface area contributed by atoms with Crippen LogP contribution in [0.1, 0.15) is 22.3 Å². The van der Waals surface area contributed by atoms with Gasteiger partial charge in [0.15, 0.2) is 0 Å². The fourth-order valence-corrected chi connectivity index (χ4v) is 12.8. The standard InChI is InChI=1S/C64H49NSSi/c1-67(2,3)55-38-28-45(29-39-55)44-22-32-52(33-23-44)65(54-36-26-47(27-37-54)49-31-41-63-59(43-49)57-19-11-13-21-62(57)66-63)53-34-24-46(25-35-53)48-30-40-61-58(42-48)56-18-10-12-20-60(56)64(61,50-14-6-4-7-15-50)51-16-8-5-9-17-51/h4-43H,1-3H3. The normalized spacial score (nSPS) is 12.8. The summed E-state index contributed by atoms with van der Waals surface area (Å²) in [6, 6.07) is 90.3. The van der Waals surface area contributed by atoms with Crippen molar-refractivity contribution >= 4 is 61.8 Å². The van der Waals surface area contributed by atoms with E-state index in [2.05, 4.69) is 267 Å². The van der Waals surface area contributed by atoms with Gasteiger partial charge >= 0.3 is 0 Å². The highest BCUT2D eigenvalue weighted by Crippen LogP contribution is 2.56. The van der Waals surface area contributed by atoms with E-state index in [1.807, 2.05) is 11.3 Å². The predicted octanol–water partition coefficient (Wildman–Crippen LogP) is 17.4. The van der Waals surface area contributed by atoms with Crippen molar-refractivity contribution in [1.29, 1.82) is 0 Å². The predicted molar refractivity (Wildman–Crippen MR) is 291 cm³/mol. The van der Waals surface area contributed by atoms with Crippen molar-refractivity contribution in [2.24, 2.45) is 0 Å². The Balaban J connectivity index is 0.922. The number of fused-ring (bicyclic) bond motifs is 6. The summed E-state index contributed by atoms with van der Waals surface area (Å²) in [4.78, 5) is 2.38. The summed E-state index contributed by atoms with van der Waals surface area (Å²) in [6.45, 7) is 7.21. The van der Waals surface area contributed by atoms with Crippen molar-refractivity contribution in [3.8, 4) is 44.5 Å². The minimum atomic E-state index is -1.38. The van der Waals surface area contributed by atoms with Crippen LogP contribution in [0.5, 0.6) is 0 Å². The van der Waals surface area contributed by atoms with E-state index in [4.69, 9.17) is 0 Å². The molecule has 1 aliphatic rings. The molecule has 1 heterocycles. The fraction of sp³-hybridized carbons (Fsp3) is 0.0625. The van der Waals surface area contributed by atoms with Crippen LogP contribution in [0, 0.1) is 0 Å². The molecule has 0 bridgehead atoms. The van der Waals surface area contributed by atoms with Gasteiger partial charge in [0.1, 0.15) is 0 Å². The summed E-state index contributed by atoms with van der Waals surface area (Å²) in [5.74, 6) is 0. The molecule has 1 aliphatic carbocycles. The second-order valence-corrected chi connectivity index (χ2v) is 25.1. The molecule has 0 unspecified atom stereocenters. The number of rotatable bonds is 9. The number of thiophene rings is 1. The number of nitrogens with zero attached hydrogens (tertiary/aromatic N) is 1. The molecular weight excluding hydrogens is 843 g/mol. The molecule has 3 heteroatoms. The first kappa shape index (κ1) is 40.9. The summed E-state index contributed by atoms with van der Waals surface area (Å²) in [6.07, 6.45) is 0. The van der Waals surface area contributed by atoms with Crippen molar-refractivity contribution in [3.63, 3.8) is 0 Å². The number of anilines is 3. The third kappa shape index (κ3) is 7.05. The van der Waals surface area contributed by atoms with Crippen molar-refractivity contribution in [3.05, 3.63) is 265 Å². The second-order valence-electron chi connectivity index (χ2n) is 18.9. The third-order valence-electron chi connectivity index (χ3n) is 14.0. The molecule has 0 atom stereocenters. The van der Waals surface area contributed by atoms with Gasteiger partial charge in [-0.1, -0.05) is 207 Å². The molecule has 0 aliphatic heterocycles. The van der Waals surface area contributed by atoms with Gasteiger partial charge in [0.25, 0.3) is 0 Å². The summed E-state index contributed by atoms with van der Waals surface area (Å²) in [5.41, 5.74) is 18.0. The van der Waals surface area contributed by atoms with E-state index in [1.54, 1.807) is 0 Å². The van der Waals surface area contributed by atoms with Crippen LogP contribution in [0.4, 0.5) is 17.1 Å². The molecule has 0 N–H and O–H groups in total. The highest BCUT2D eigenvalue weighted by Gasteiger charge is 2.46. The Morgan fingerprint density at radius 3 is 1.36 bits per heavy atom. The van der Waals surface area contributed by atoms with Gasteiger partial charge in [0.05, 0.1) is 13.5 Å². The molecule has 11 aromatic rings. The Kier molecular flexibility index (Phi) is 10.0. The average Bonchev–Trinajstić information content (AvgIpc) is 3.91. The lowest BCUT2D eigenvalue weighted by molar-refractivity contribution is 0.768. The van der Waals surface area contributed by atoms with Gasteiger partial charge in [0, 0.05) is 37.2 Å². The molecule has 0 fully saturated rings. The molecule has 1 aromatic heterocycles. The van der Waals surface area contributed by atoms with Gasteiger partial charge in [0.2, 0.25) is 0 Å². The summed E-state index contributed by atoms with van der Waals surface area (Å²) >= 11 is 1.86. The maximum Gasteiger partial charge on any atom is 0.0775 e. The Labute approximate surface area is 398 Å². The average molecular weight is 892 g/mol. The van der Waals surface area contributed by atoms with Gasteiger partial charge in [-0.05, 0) is 127 Å². The summed E-state index contributed by atoms with van der Waals surface area (Å²) in [7, 11) is -1.38. The zero-order valence-electron chi connectivity index (χ0n) is 37.9. The first-order chi connectivity index (χ1) is 32.8.